The van der Waals surface area contributed by atoms with Gasteiger partial charge >= 0.3 is 0 Å². The van der Waals surface area contributed by atoms with Crippen LogP contribution in [0.5, 0.6) is 0 Å². The van der Waals surface area contributed by atoms with Gasteiger partial charge in [0.15, 0.2) is 0 Å². The molecule has 1 aromatic rings. The molecular weight excluding hydrogens is 342 g/mol. The van der Waals surface area contributed by atoms with Crippen LogP contribution in [0.4, 0.5) is 0 Å². The van der Waals surface area contributed by atoms with E-state index in [9.17, 15) is 9.59 Å². The van der Waals surface area contributed by atoms with E-state index in [0.717, 1.165) is 55.8 Å². The summed E-state index contributed by atoms with van der Waals surface area (Å²) in [5.41, 5.74) is 1.49. The van der Waals surface area contributed by atoms with Crippen LogP contribution in [0.15, 0.2) is 16.7 Å². The Balaban J connectivity index is 1.44. The van der Waals surface area contributed by atoms with Crippen molar-refractivity contribution in [1.82, 2.24) is 15.0 Å². The number of likely N-dealkylation sites (tertiary alicyclic amines) is 2. The number of carbonyl (C=O) groups excluding carboxylic acids is 2. The highest BCUT2D eigenvalue weighted by Gasteiger charge is 2.50. The number of amides is 2. The van der Waals surface area contributed by atoms with Crippen LogP contribution in [0.1, 0.15) is 56.0 Å². The first-order chi connectivity index (χ1) is 12.8. The molecule has 0 saturated carbocycles. The van der Waals surface area contributed by atoms with Crippen molar-refractivity contribution in [3.63, 3.8) is 0 Å². The van der Waals surface area contributed by atoms with Crippen LogP contribution < -0.4 is 0 Å². The summed E-state index contributed by atoms with van der Waals surface area (Å²) in [6.45, 7) is 8.64. The Hall–Kier alpha value is -2.11. The third-order valence-electron chi connectivity index (χ3n) is 6.78. The first kappa shape index (κ1) is 18.3. The summed E-state index contributed by atoms with van der Waals surface area (Å²) >= 11 is 0. The van der Waals surface area contributed by atoms with Gasteiger partial charge in [-0.2, -0.15) is 0 Å². The number of hydrogen-bond acceptors (Lipinski definition) is 4. The van der Waals surface area contributed by atoms with Crippen LogP contribution in [-0.2, 0) is 16.1 Å². The molecule has 6 nitrogen and oxygen atoms in total. The molecule has 3 aliphatic rings. The summed E-state index contributed by atoms with van der Waals surface area (Å²) < 4.78 is 5.24. The Morgan fingerprint density at radius 1 is 1.26 bits per heavy atom. The topological polar surface area (TPSA) is 66.7 Å². The molecular formula is C21H29N3O3. The van der Waals surface area contributed by atoms with E-state index in [1.165, 1.54) is 0 Å². The number of carbonyl (C=O) groups is 2. The van der Waals surface area contributed by atoms with E-state index < -0.39 is 0 Å². The standard InChI is InChI=1S/C21H29N3O3/c1-15-17(16(2)27-22-15)12-24-14-21(11-18(24)25)9-10-23(13-21)19(26)20(3)7-5-4-6-8-20/h4-5H,6-14H2,1-3H3. The van der Waals surface area contributed by atoms with Gasteiger partial charge in [0.1, 0.15) is 5.76 Å². The molecule has 146 valence electrons. The summed E-state index contributed by atoms with van der Waals surface area (Å²) in [5, 5.41) is 4.00. The van der Waals surface area contributed by atoms with Crippen molar-refractivity contribution in [3.8, 4) is 0 Å². The number of rotatable bonds is 3. The van der Waals surface area contributed by atoms with Crippen molar-refractivity contribution in [1.29, 1.82) is 0 Å². The summed E-state index contributed by atoms with van der Waals surface area (Å²) in [6, 6.07) is 0. The van der Waals surface area contributed by atoms with Gasteiger partial charge < -0.3 is 14.3 Å². The van der Waals surface area contributed by atoms with Crippen LogP contribution in [0, 0.1) is 24.7 Å². The van der Waals surface area contributed by atoms with E-state index in [4.69, 9.17) is 4.52 Å². The molecule has 2 amide bonds. The Morgan fingerprint density at radius 3 is 2.74 bits per heavy atom. The molecule has 4 rings (SSSR count). The van der Waals surface area contributed by atoms with Crippen LogP contribution in [0.25, 0.3) is 0 Å². The molecule has 0 radical (unpaired) electrons. The average molecular weight is 371 g/mol. The normalized spacial score (nSPS) is 30.7. The summed E-state index contributed by atoms with van der Waals surface area (Å²) in [4.78, 5) is 29.8. The zero-order valence-electron chi connectivity index (χ0n) is 16.6. The highest BCUT2D eigenvalue weighted by atomic mass is 16.5. The molecule has 2 fully saturated rings. The Kier molecular flexibility index (Phi) is 4.40. The Labute approximate surface area is 160 Å². The number of allylic oxidation sites excluding steroid dienone is 2. The molecule has 1 aliphatic carbocycles. The fourth-order valence-corrected chi connectivity index (χ4v) is 4.97. The van der Waals surface area contributed by atoms with Gasteiger partial charge in [-0.3, -0.25) is 9.59 Å². The Morgan fingerprint density at radius 2 is 2.07 bits per heavy atom. The minimum absolute atomic E-state index is 0.0907. The lowest BCUT2D eigenvalue weighted by atomic mass is 9.77. The van der Waals surface area contributed by atoms with Crippen LogP contribution in [0.2, 0.25) is 0 Å². The molecule has 2 atom stereocenters. The molecule has 2 saturated heterocycles. The highest BCUT2D eigenvalue weighted by molar-refractivity contribution is 5.84. The molecule has 2 aliphatic heterocycles. The Bertz CT molecular complexity index is 779. The quantitative estimate of drug-likeness (QED) is 0.766. The SMILES string of the molecule is Cc1noc(C)c1CN1CC2(CCN(C(=O)C3(C)CC=CCC3)C2)CC1=O. The monoisotopic (exact) mass is 371 g/mol. The van der Waals surface area contributed by atoms with Crippen LogP contribution >= 0.6 is 0 Å². The maximum atomic E-state index is 13.1. The molecule has 0 aromatic carbocycles. The second-order valence-corrected chi connectivity index (χ2v) is 8.98. The van der Waals surface area contributed by atoms with E-state index in [2.05, 4.69) is 24.2 Å². The van der Waals surface area contributed by atoms with Gasteiger partial charge in [-0.25, -0.2) is 0 Å². The molecule has 0 N–H and O–H groups in total. The second kappa shape index (κ2) is 6.50. The van der Waals surface area contributed by atoms with E-state index in [1.54, 1.807) is 0 Å². The van der Waals surface area contributed by atoms with E-state index in [0.29, 0.717) is 19.5 Å². The van der Waals surface area contributed by atoms with Crippen LogP contribution in [-0.4, -0.2) is 46.4 Å². The predicted molar refractivity (Wildman–Crippen MR) is 101 cm³/mol. The fraction of sp³-hybridized carbons (Fsp3) is 0.667. The van der Waals surface area contributed by atoms with E-state index in [-0.39, 0.29) is 22.6 Å². The predicted octanol–water partition coefficient (Wildman–Crippen LogP) is 2.99. The third kappa shape index (κ3) is 3.19. The van der Waals surface area contributed by atoms with E-state index >= 15 is 0 Å². The zero-order chi connectivity index (χ0) is 19.2. The lowest BCUT2D eigenvalue weighted by Crippen LogP contribution is -2.43. The number of nitrogens with zero attached hydrogens (tertiary/aromatic N) is 3. The molecule has 3 heterocycles. The molecule has 2 unspecified atom stereocenters. The van der Waals surface area contributed by atoms with Crippen molar-refractivity contribution < 1.29 is 14.1 Å². The fourth-order valence-electron chi connectivity index (χ4n) is 4.97. The number of aryl methyl sites for hydroxylation is 2. The van der Waals surface area contributed by atoms with Crippen molar-refractivity contribution in [2.75, 3.05) is 19.6 Å². The molecule has 27 heavy (non-hydrogen) atoms. The van der Waals surface area contributed by atoms with Gasteiger partial charge in [-0.05, 0) is 39.5 Å². The van der Waals surface area contributed by atoms with Gasteiger partial charge in [-0.1, -0.05) is 24.2 Å². The van der Waals surface area contributed by atoms with Crippen molar-refractivity contribution >= 4 is 11.8 Å². The van der Waals surface area contributed by atoms with Crippen LogP contribution in [0.3, 0.4) is 0 Å². The lowest BCUT2D eigenvalue weighted by molar-refractivity contribution is -0.141. The molecule has 6 heteroatoms. The second-order valence-electron chi connectivity index (χ2n) is 8.98. The van der Waals surface area contributed by atoms with Gasteiger partial charge in [0, 0.05) is 37.0 Å². The van der Waals surface area contributed by atoms with Crippen molar-refractivity contribution in [2.45, 2.75) is 59.4 Å². The maximum Gasteiger partial charge on any atom is 0.228 e. The first-order valence-corrected chi connectivity index (χ1v) is 9.96. The smallest absolute Gasteiger partial charge is 0.228 e. The minimum Gasteiger partial charge on any atom is -0.361 e. The minimum atomic E-state index is -0.279. The summed E-state index contributed by atoms with van der Waals surface area (Å²) in [6.07, 6.45) is 8.48. The summed E-state index contributed by atoms with van der Waals surface area (Å²) in [7, 11) is 0. The summed E-state index contributed by atoms with van der Waals surface area (Å²) in [5.74, 6) is 1.22. The molecule has 1 aromatic heterocycles. The number of aromatic nitrogens is 1. The molecule has 1 spiro atoms. The molecule has 0 bridgehead atoms. The lowest BCUT2D eigenvalue weighted by Gasteiger charge is -2.34. The maximum absolute atomic E-state index is 13.1. The largest absolute Gasteiger partial charge is 0.361 e. The third-order valence-corrected chi connectivity index (χ3v) is 6.78. The van der Waals surface area contributed by atoms with Gasteiger partial charge in [0.2, 0.25) is 11.8 Å². The first-order valence-electron chi connectivity index (χ1n) is 9.96. The number of hydrogen-bond donors (Lipinski definition) is 0. The highest BCUT2D eigenvalue weighted by Crippen LogP contribution is 2.43. The average Bonchev–Trinajstić information content (AvgIpc) is 3.29. The zero-order valence-corrected chi connectivity index (χ0v) is 16.6. The van der Waals surface area contributed by atoms with E-state index in [1.807, 2.05) is 23.6 Å². The van der Waals surface area contributed by atoms with Crippen molar-refractivity contribution in [3.05, 3.63) is 29.2 Å². The van der Waals surface area contributed by atoms with Gasteiger partial charge in [-0.15, -0.1) is 0 Å². The van der Waals surface area contributed by atoms with Gasteiger partial charge in [0.25, 0.3) is 0 Å². The van der Waals surface area contributed by atoms with Crippen molar-refractivity contribution in [2.24, 2.45) is 10.8 Å². The van der Waals surface area contributed by atoms with Gasteiger partial charge in [0.05, 0.1) is 17.7 Å².